The first-order valence-corrected chi connectivity index (χ1v) is 6.96. The molecule has 0 radical (unpaired) electrons. The zero-order valence-electron chi connectivity index (χ0n) is 10.8. The predicted molar refractivity (Wildman–Crippen MR) is 78.9 cm³/mol. The van der Waals surface area contributed by atoms with Crippen molar-refractivity contribution in [3.63, 3.8) is 0 Å². The molecule has 0 fully saturated rings. The smallest absolute Gasteiger partial charge is 0.271 e. The van der Waals surface area contributed by atoms with Gasteiger partial charge in [0.15, 0.2) is 0 Å². The average Bonchev–Trinajstić information content (AvgIpc) is 2.47. The number of halogens is 1. The topological polar surface area (TPSA) is 72.2 Å². The number of thioether (sulfide) groups is 1. The van der Waals surface area contributed by atoms with E-state index in [1.807, 2.05) is 0 Å². The second kappa shape index (κ2) is 6.85. The number of rotatable bonds is 5. The van der Waals surface area contributed by atoms with Crippen LogP contribution in [-0.2, 0) is 4.79 Å². The number of nitrogens with zero attached hydrogens (tertiary/aromatic N) is 1. The minimum Gasteiger partial charge on any atom is -0.325 e. The second-order valence-corrected chi connectivity index (χ2v) is 5.15. The van der Waals surface area contributed by atoms with Crippen LogP contribution in [0.3, 0.4) is 0 Å². The van der Waals surface area contributed by atoms with Gasteiger partial charge >= 0.3 is 0 Å². The van der Waals surface area contributed by atoms with Gasteiger partial charge in [0.1, 0.15) is 5.82 Å². The zero-order chi connectivity index (χ0) is 15.2. The van der Waals surface area contributed by atoms with Crippen LogP contribution in [0.5, 0.6) is 0 Å². The van der Waals surface area contributed by atoms with Gasteiger partial charge in [0.25, 0.3) is 5.69 Å². The molecule has 2 aromatic rings. The first-order valence-electron chi connectivity index (χ1n) is 5.97. The standard InChI is InChI=1S/C14H11FN2O3S/c15-10-4-6-13(7-5-10)21-9-14(18)16-11-2-1-3-12(8-11)17(19)20/h1-8H,9H2,(H,16,18). The largest absolute Gasteiger partial charge is 0.325 e. The third kappa shape index (κ3) is 4.57. The Bertz CT molecular complexity index is 662. The van der Waals surface area contributed by atoms with E-state index in [2.05, 4.69) is 5.32 Å². The number of hydrogen-bond acceptors (Lipinski definition) is 4. The molecule has 0 spiro atoms. The maximum atomic E-state index is 12.7. The molecular formula is C14H11FN2O3S. The van der Waals surface area contributed by atoms with Crippen LogP contribution in [0.4, 0.5) is 15.8 Å². The van der Waals surface area contributed by atoms with Crippen LogP contribution in [-0.4, -0.2) is 16.6 Å². The second-order valence-electron chi connectivity index (χ2n) is 4.10. The maximum absolute atomic E-state index is 12.7. The molecule has 5 nitrogen and oxygen atoms in total. The van der Waals surface area contributed by atoms with Crippen molar-refractivity contribution in [2.75, 3.05) is 11.1 Å². The Hall–Kier alpha value is -2.41. The van der Waals surface area contributed by atoms with E-state index < -0.39 is 4.92 Å². The summed E-state index contributed by atoms with van der Waals surface area (Å²) in [5.74, 6) is -0.487. The number of hydrogen-bond donors (Lipinski definition) is 1. The van der Waals surface area contributed by atoms with Gasteiger partial charge in [0, 0.05) is 22.7 Å². The van der Waals surface area contributed by atoms with E-state index in [0.29, 0.717) is 5.69 Å². The first-order chi connectivity index (χ1) is 10.0. The van der Waals surface area contributed by atoms with E-state index >= 15 is 0 Å². The summed E-state index contributed by atoms with van der Waals surface area (Å²) < 4.78 is 12.7. The molecule has 0 aliphatic rings. The van der Waals surface area contributed by atoms with Crippen LogP contribution < -0.4 is 5.32 Å². The zero-order valence-corrected chi connectivity index (χ0v) is 11.6. The number of benzene rings is 2. The molecule has 0 unspecified atom stereocenters. The highest BCUT2D eigenvalue weighted by molar-refractivity contribution is 8.00. The monoisotopic (exact) mass is 306 g/mol. The molecule has 0 aromatic heterocycles. The number of nitrogens with one attached hydrogen (secondary N) is 1. The van der Waals surface area contributed by atoms with Gasteiger partial charge in [-0.1, -0.05) is 6.07 Å². The van der Waals surface area contributed by atoms with Gasteiger partial charge in [-0.15, -0.1) is 11.8 Å². The van der Waals surface area contributed by atoms with Crippen molar-refractivity contribution < 1.29 is 14.1 Å². The lowest BCUT2D eigenvalue weighted by Gasteiger charge is -2.05. The minimum absolute atomic E-state index is 0.0843. The number of carbonyl (C=O) groups is 1. The van der Waals surface area contributed by atoms with Gasteiger partial charge < -0.3 is 5.32 Å². The fraction of sp³-hybridized carbons (Fsp3) is 0.0714. The molecular weight excluding hydrogens is 295 g/mol. The van der Waals surface area contributed by atoms with E-state index in [9.17, 15) is 19.3 Å². The normalized spacial score (nSPS) is 10.1. The van der Waals surface area contributed by atoms with Crippen molar-refractivity contribution in [1.29, 1.82) is 0 Å². The summed E-state index contributed by atoms with van der Waals surface area (Å²) in [6, 6.07) is 11.5. The summed E-state index contributed by atoms with van der Waals surface area (Å²) in [6.07, 6.45) is 0. The fourth-order valence-corrected chi connectivity index (χ4v) is 2.27. The van der Waals surface area contributed by atoms with Gasteiger partial charge in [0.05, 0.1) is 10.7 Å². The first kappa shape index (κ1) is 15.0. The molecule has 0 aliphatic heterocycles. The summed E-state index contributed by atoms with van der Waals surface area (Å²) in [5.41, 5.74) is 0.285. The summed E-state index contributed by atoms with van der Waals surface area (Å²) in [5, 5.41) is 13.2. The van der Waals surface area contributed by atoms with Gasteiger partial charge in [-0.05, 0) is 30.3 Å². The van der Waals surface area contributed by atoms with Gasteiger partial charge in [-0.25, -0.2) is 4.39 Å². The Morgan fingerprint density at radius 2 is 1.95 bits per heavy atom. The summed E-state index contributed by atoms with van der Waals surface area (Å²) in [7, 11) is 0. The third-order valence-electron chi connectivity index (χ3n) is 2.52. The van der Waals surface area contributed by atoms with E-state index in [-0.39, 0.29) is 23.2 Å². The number of nitro benzene ring substituents is 1. The fourth-order valence-electron chi connectivity index (χ4n) is 1.57. The molecule has 0 heterocycles. The van der Waals surface area contributed by atoms with Crippen molar-refractivity contribution >= 4 is 29.0 Å². The third-order valence-corrected chi connectivity index (χ3v) is 3.54. The lowest BCUT2D eigenvalue weighted by Crippen LogP contribution is -2.14. The van der Waals surface area contributed by atoms with E-state index in [0.717, 1.165) is 4.90 Å². The van der Waals surface area contributed by atoms with Crippen LogP contribution in [0.1, 0.15) is 0 Å². The Kier molecular flexibility index (Phi) is 4.89. The summed E-state index contributed by atoms with van der Waals surface area (Å²) in [4.78, 5) is 22.6. The van der Waals surface area contributed by atoms with Crippen molar-refractivity contribution in [3.8, 4) is 0 Å². The predicted octanol–water partition coefficient (Wildman–Crippen LogP) is 3.46. The highest BCUT2D eigenvalue weighted by Crippen LogP contribution is 2.20. The van der Waals surface area contributed by atoms with Crippen LogP contribution in [0.25, 0.3) is 0 Å². The number of anilines is 1. The van der Waals surface area contributed by atoms with E-state index in [4.69, 9.17) is 0 Å². The molecule has 0 saturated carbocycles. The van der Waals surface area contributed by atoms with Crippen LogP contribution in [0.2, 0.25) is 0 Å². The van der Waals surface area contributed by atoms with Gasteiger partial charge in [-0.3, -0.25) is 14.9 Å². The molecule has 0 aliphatic carbocycles. The van der Waals surface area contributed by atoms with Crippen LogP contribution in [0, 0.1) is 15.9 Å². The molecule has 7 heteroatoms. The SMILES string of the molecule is O=C(CSc1ccc(F)cc1)Nc1cccc([N+](=O)[O-])c1. The van der Waals surface area contributed by atoms with Crippen LogP contribution >= 0.6 is 11.8 Å². The molecule has 1 amide bonds. The molecule has 21 heavy (non-hydrogen) atoms. The number of amides is 1. The molecule has 0 saturated heterocycles. The Morgan fingerprint density at radius 3 is 2.62 bits per heavy atom. The molecule has 1 N–H and O–H groups in total. The van der Waals surface area contributed by atoms with Crippen molar-refractivity contribution in [2.24, 2.45) is 0 Å². The molecule has 2 rings (SSSR count). The molecule has 2 aromatic carbocycles. The number of non-ortho nitro benzene ring substituents is 1. The lowest BCUT2D eigenvalue weighted by atomic mass is 10.3. The Balaban J connectivity index is 1.91. The molecule has 108 valence electrons. The highest BCUT2D eigenvalue weighted by Gasteiger charge is 2.08. The van der Waals surface area contributed by atoms with Crippen molar-refractivity contribution in [3.05, 3.63) is 64.5 Å². The van der Waals surface area contributed by atoms with Gasteiger partial charge in [0.2, 0.25) is 5.91 Å². The quantitative estimate of drug-likeness (QED) is 0.521. The van der Waals surface area contributed by atoms with E-state index in [1.165, 1.54) is 42.1 Å². The summed E-state index contributed by atoms with van der Waals surface area (Å²) >= 11 is 1.25. The molecule has 0 bridgehead atoms. The summed E-state index contributed by atoms with van der Waals surface area (Å²) in [6.45, 7) is 0. The molecule has 0 atom stereocenters. The Morgan fingerprint density at radius 1 is 1.24 bits per heavy atom. The maximum Gasteiger partial charge on any atom is 0.271 e. The van der Waals surface area contributed by atoms with E-state index in [1.54, 1.807) is 18.2 Å². The minimum atomic E-state index is -0.525. The van der Waals surface area contributed by atoms with Crippen LogP contribution in [0.15, 0.2) is 53.4 Å². The highest BCUT2D eigenvalue weighted by atomic mass is 32.2. The average molecular weight is 306 g/mol. The number of nitro groups is 1. The van der Waals surface area contributed by atoms with Crippen molar-refractivity contribution in [2.45, 2.75) is 4.90 Å². The van der Waals surface area contributed by atoms with Crippen molar-refractivity contribution in [1.82, 2.24) is 0 Å². The lowest BCUT2D eigenvalue weighted by molar-refractivity contribution is -0.384. The van der Waals surface area contributed by atoms with Gasteiger partial charge in [-0.2, -0.15) is 0 Å². The number of carbonyl (C=O) groups excluding carboxylic acids is 1. The Labute approximate surface area is 124 Å².